The van der Waals surface area contributed by atoms with E-state index in [1.165, 1.54) is 17.1 Å². The number of hydrogen-bond acceptors (Lipinski definition) is 6. The van der Waals surface area contributed by atoms with Gasteiger partial charge in [0, 0.05) is 35.4 Å². The lowest BCUT2D eigenvalue weighted by molar-refractivity contribution is 0.101. The van der Waals surface area contributed by atoms with Gasteiger partial charge < -0.3 is 14.8 Å². The Hall–Kier alpha value is -1.83. The molecule has 0 atom stereocenters. The number of hydrogen-bond donors (Lipinski definition) is 3. The summed E-state index contributed by atoms with van der Waals surface area (Å²) in [6.45, 7) is 0.418. The van der Waals surface area contributed by atoms with E-state index < -0.39 is 0 Å². The Balaban J connectivity index is 1.84. The van der Waals surface area contributed by atoms with Crippen LogP contribution >= 0.6 is 25.4 Å². The number of nitrogens with zero attached hydrogens (tertiary/aromatic N) is 1. The topological polar surface area (TPSA) is 50.8 Å². The highest BCUT2D eigenvalue weighted by atomic mass is 32.1. The maximum Gasteiger partial charge on any atom is 0.268 e. The predicted octanol–water partition coefficient (Wildman–Crippen LogP) is 4.98. The number of anilines is 2. The average molecular weight is 419 g/mol. The fourth-order valence-corrected chi connectivity index (χ4v) is 4.01. The zero-order chi connectivity index (χ0) is 20.1. The van der Waals surface area contributed by atoms with E-state index in [0.29, 0.717) is 29.6 Å². The summed E-state index contributed by atoms with van der Waals surface area (Å²) in [5.41, 5.74) is 2.96. The Labute approximate surface area is 177 Å². The number of benzene rings is 2. The number of rotatable bonds is 7. The molecule has 5 nitrogen and oxygen atoms in total. The van der Waals surface area contributed by atoms with E-state index in [1.54, 1.807) is 26.4 Å². The zero-order valence-electron chi connectivity index (χ0n) is 16.1. The van der Waals surface area contributed by atoms with Crippen LogP contribution in [-0.2, 0) is 11.3 Å². The minimum atomic E-state index is -0.231. The molecule has 0 radical (unpaired) electrons. The van der Waals surface area contributed by atoms with Gasteiger partial charge in [0.1, 0.15) is 5.75 Å². The molecular formula is C21H26N2O3S2. The summed E-state index contributed by atoms with van der Waals surface area (Å²) in [5, 5.41) is 3.52. The van der Waals surface area contributed by atoms with Crippen molar-refractivity contribution >= 4 is 42.7 Å². The Morgan fingerprint density at radius 3 is 2.57 bits per heavy atom. The number of amides is 1. The highest BCUT2D eigenvalue weighted by molar-refractivity contribution is 7.82. The van der Waals surface area contributed by atoms with Crippen LogP contribution in [0.2, 0.25) is 0 Å². The predicted molar refractivity (Wildman–Crippen MR) is 119 cm³/mol. The third kappa shape index (κ3) is 5.16. The minimum Gasteiger partial charge on any atom is -0.497 e. The Kier molecular flexibility index (Phi) is 7.15. The SMILES string of the molecule is COCc1cc(OC)cc(N(S)C(=O)c2cc(S)cc(NC3CCCC3)c2)c1. The van der Waals surface area contributed by atoms with Gasteiger partial charge in [0.2, 0.25) is 0 Å². The second-order valence-corrected chi connectivity index (χ2v) is 7.90. The molecule has 1 aliphatic carbocycles. The van der Waals surface area contributed by atoms with Crippen molar-refractivity contribution in [3.05, 3.63) is 47.5 Å². The van der Waals surface area contributed by atoms with Crippen molar-refractivity contribution in [3.63, 3.8) is 0 Å². The average Bonchev–Trinajstić information content (AvgIpc) is 3.19. The summed E-state index contributed by atoms with van der Waals surface area (Å²) >= 11 is 8.93. The molecule has 0 spiro atoms. The summed E-state index contributed by atoms with van der Waals surface area (Å²) in [5.74, 6) is 0.410. The van der Waals surface area contributed by atoms with Crippen LogP contribution in [0.1, 0.15) is 41.6 Å². The van der Waals surface area contributed by atoms with Gasteiger partial charge in [-0.15, -0.1) is 12.6 Å². The molecule has 1 amide bonds. The molecule has 0 aliphatic heterocycles. The fourth-order valence-electron chi connectivity index (χ4n) is 3.50. The van der Waals surface area contributed by atoms with Crippen LogP contribution < -0.4 is 14.4 Å². The largest absolute Gasteiger partial charge is 0.497 e. The van der Waals surface area contributed by atoms with Crippen molar-refractivity contribution in [1.82, 2.24) is 0 Å². The zero-order valence-corrected chi connectivity index (χ0v) is 17.9. The Morgan fingerprint density at radius 1 is 1.14 bits per heavy atom. The molecule has 150 valence electrons. The van der Waals surface area contributed by atoms with Crippen molar-refractivity contribution in [2.24, 2.45) is 0 Å². The van der Waals surface area contributed by atoms with E-state index in [-0.39, 0.29) is 5.91 Å². The van der Waals surface area contributed by atoms with Crippen LogP contribution in [0.5, 0.6) is 5.75 Å². The van der Waals surface area contributed by atoms with Crippen molar-refractivity contribution in [2.45, 2.75) is 43.2 Å². The van der Waals surface area contributed by atoms with Crippen molar-refractivity contribution in [1.29, 1.82) is 0 Å². The molecule has 1 fully saturated rings. The molecule has 1 N–H and O–H groups in total. The van der Waals surface area contributed by atoms with Crippen molar-refractivity contribution < 1.29 is 14.3 Å². The number of carbonyl (C=O) groups excluding carboxylic acids is 1. The van der Waals surface area contributed by atoms with Crippen LogP contribution in [0.4, 0.5) is 11.4 Å². The molecule has 1 aliphatic rings. The van der Waals surface area contributed by atoms with Crippen LogP contribution in [-0.4, -0.2) is 26.2 Å². The standard InChI is InChI=1S/C21H26N2O3S2/c1-25-13-14-7-18(12-19(8-14)26-2)23(28)21(24)15-9-17(11-20(27)10-15)22-16-5-3-4-6-16/h7-12,16,22,27-28H,3-6,13H2,1-2H3. The van der Waals surface area contributed by atoms with E-state index in [4.69, 9.17) is 9.47 Å². The minimum absolute atomic E-state index is 0.231. The fraction of sp³-hybridized carbons (Fsp3) is 0.381. The lowest BCUT2D eigenvalue weighted by Crippen LogP contribution is -2.22. The van der Waals surface area contributed by atoms with Crippen molar-refractivity contribution in [3.8, 4) is 5.75 Å². The van der Waals surface area contributed by atoms with Gasteiger partial charge in [-0.1, -0.05) is 25.7 Å². The Morgan fingerprint density at radius 2 is 1.89 bits per heavy atom. The van der Waals surface area contributed by atoms with E-state index >= 15 is 0 Å². The molecule has 7 heteroatoms. The van der Waals surface area contributed by atoms with Crippen LogP contribution in [0.3, 0.4) is 0 Å². The van der Waals surface area contributed by atoms with Crippen LogP contribution in [0.15, 0.2) is 41.3 Å². The molecule has 3 rings (SSSR count). The first kappa shape index (κ1) is 20.9. The molecule has 0 saturated heterocycles. The normalized spacial score (nSPS) is 14.1. The molecule has 0 bridgehead atoms. The molecule has 0 unspecified atom stereocenters. The molecule has 2 aromatic rings. The quantitative estimate of drug-likeness (QED) is 0.555. The van der Waals surface area contributed by atoms with Crippen molar-refractivity contribution in [2.75, 3.05) is 23.8 Å². The van der Waals surface area contributed by atoms with E-state index in [1.807, 2.05) is 24.3 Å². The molecule has 0 heterocycles. The van der Waals surface area contributed by atoms with Gasteiger partial charge in [0.25, 0.3) is 5.91 Å². The van der Waals surface area contributed by atoms with Crippen LogP contribution in [0, 0.1) is 0 Å². The monoisotopic (exact) mass is 418 g/mol. The van der Waals surface area contributed by atoms with E-state index in [0.717, 1.165) is 29.0 Å². The van der Waals surface area contributed by atoms with Gasteiger partial charge in [-0.25, -0.2) is 0 Å². The number of nitrogens with one attached hydrogen (secondary N) is 1. The van der Waals surface area contributed by atoms with Crippen LogP contribution in [0.25, 0.3) is 0 Å². The summed E-state index contributed by atoms with van der Waals surface area (Å²) in [7, 11) is 3.21. The Bertz CT molecular complexity index is 838. The summed E-state index contributed by atoms with van der Waals surface area (Å²) in [6, 6.07) is 11.5. The molecule has 1 saturated carbocycles. The van der Waals surface area contributed by atoms with Gasteiger partial charge in [0.05, 0.1) is 19.4 Å². The van der Waals surface area contributed by atoms with E-state index in [2.05, 4.69) is 30.8 Å². The third-order valence-corrected chi connectivity index (χ3v) is 5.50. The summed E-state index contributed by atoms with van der Waals surface area (Å²) in [6.07, 6.45) is 4.80. The maximum atomic E-state index is 13.1. The molecule has 28 heavy (non-hydrogen) atoms. The number of ether oxygens (including phenoxy) is 2. The van der Waals surface area contributed by atoms with Gasteiger partial charge in [-0.05, 0) is 48.7 Å². The first-order valence-electron chi connectivity index (χ1n) is 9.31. The number of thiol groups is 2. The highest BCUT2D eigenvalue weighted by Crippen LogP contribution is 2.29. The summed E-state index contributed by atoms with van der Waals surface area (Å²) < 4.78 is 11.9. The molecular weight excluding hydrogens is 392 g/mol. The lowest BCUT2D eigenvalue weighted by atomic mass is 10.1. The third-order valence-electron chi connectivity index (χ3n) is 4.83. The first-order chi connectivity index (χ1) is 13.5. The highest BCUT2D eigenvalue weighted by Gasteiger charge is 2.19. The second kappa shape index (κ2) is 9.58. The number of carbonyl (C=O) groups is 1. The molecule has 2 aromatic carbocycles. The number of methoxy groups -OCH3 is 2. The first-order valence-corrected chi connectivity index (χ1v) is 10.2. The second-order valence-electron chi connectivity index (χ2n) is 6.98. The van der Waals surface area contributed by atoms with Gasteiger partial charge >= 0.3 is 0 Å². The molecule has 0 aromatic heterocycles. The van der Waals surface area contributed by atoms with Gasteiger partial charge in [0.15, 0.2) is 0 Å². The maximum absolute atomic E-state index is 13.1. The van der Waals surface area contributed by atoms with Gasteiger partial charge in [-0.3, -0.25) is 9.10 Å². The van der Waals surface area contributed by atoms with Gasteiger partial charge in [-0.2, -0.15) is 0 Å². The lowest BCUT2D eigenvalue weighted by Gasteiger charge is -2.19. The van der Waals surface area contributed by atoms with E-state index in [9.17, 15) is 4.79 Å². The summed E-state index contributed by atoms with van der Waals surface area (Å²) in [4.78, 5) is 13.8. The smallest absolute Gasteiger partial charge is 0.268 e.